The van der Waals surface area contributed by atoms with Crippen LogP contribution in [0.1, 0.15) is 29.8 Å². The Kier molecular flexibility index (Phi) is 5.36. The van der Waals surface area contributed by atoms with Gasteiger partial charge in [0.15, 0.2) is 0 Å². The number of likely N-dealkylation sites (N-methyl/N-ethyl adjacent to an activating group) is 1. The van der Waals surface area contributed by atoms with E-state index in [1.807, 2.05) is 33.2 Å². The van der Waals surface area contributed by atoms with Gasteiger partial charge in [-0.1, -0.05) is 26.0 Å². The first kappa shape index (κ1) is 15.5. The Morgan fingerprint density at radius 3 is 2.53 bits per heavy atom. The molecule has 0 aliphatic carbocycles. The molecular formula is C15H25N3O. The van der Waals surface area contributed by atoms with Crippen LogP contribution in [0, 0.1) is 12.8 Å². The fourth-order valence-electron chi connectivity index (χ4n) is 1.94. The second-order valence-corrected chi connectivity index (χ2v) is 5.62. The van der Waals surface area contributed by atoms with Gasteiger partial charge in [-0.3, -0.25) is 4.79 Å². The highest BCUT2D eigenvalue weighted by Gasteiger charge is 2.19. The molecule has 3 N–H and O–H groups in total. The lowest BCUT2D eigenvalue weighted by Crippen LogP contribution is -2.45. The van der Waals surface area contributed by atoms with Crippen LogP contribution < -0.4 is 11.1 Å². The fourth-order valence-corrected chi connectivity index (χ4v) is 1.94. The molecule has 0 bridgehead atoms. The van der Waals surface area contributed by atoms with Gasteiger partial charge in [0.1, 0.15) is 0 Å². The maximum atomic E-state index is 12.3. The van der Waals surface area contributed by atoms with Crippen molar-refractivity contribution in [3.8, 4) is 0 Å². The van der Waals surface area contributed by atoms with Crippen molar-refractivity contribution in [2.75, 3.05) is 26.4 Å². The molecule has 1 aromatic carbocycles. The molecule has 1 amide bonds. The Morgan fingerprint density at radius 2 is 2.00 bits per heavy atom. The first-order valence-electron chi connectivity index (χ1n) is 6.63. The van der Waals surface area contributed by atoms with Gasteiger partial charge in [0.25, 0.3) is 5.91 Å². The van der Waals surface area contributed by atoms with Crippen molar-refractivity contribution in [1.29, 1.82) is 0 Å². The molecule has 106 valence electrons. The summed E-state index contributed by atoms with van der Waals surface area (Å²) in [4.78, 5) is 14.4. The third-order valence-electron chi connectivity index (χ3n) is 3.25. The largest absolute Gasteiger partial charge is 0.398 e. The average molecular weight is 263 g/mol. The van der Waals surface area contributed by atoms with E-state index in [1.165, 1.54) is 0 Å². The molecule has 0 aromatic heterocycles. The van der Waals surface area contributed by atoms with Crippen LogP contribution in [0.2, 0.25) is 0 Å². The third kappa shape index (κ3) is 4.24. The van der Waals surface area contributed by atoms with Gasteiger partial charge < -0.3 is 16.0 Å². The van der Waals surface area contributed by atoms with Gasteiger partial charge in [-0.15, -0.1) is 0 Å². The number of carbonyl (C=O) groups is 1. The van der Waals surface area contributed by atoms with E-state index in [2.05, 4.69) is 24.1 Å². The van der Waals surface area contributed by atoms with Crippen molar-refractivity contribution in [3.63, 3.8) is 0 Å². The number of nitrogens with one attached hydrogen (secondary N) is 1. The van der Waals surface area contributed by atoms with E-state index in [-0.39, 0.29) is 11.9 Å². The van der Waals surface area contributed by atoms with Crippen molar-refractivity contribution < 1.29 is 4.79 Å². The Hall–Kier alpha value is -1.55. The number of nitrogen functional groups attached to an aromatic ring is 1. The first-order valence-corrected chi connectivity index (χ1v) is 6.63. The molecule has 1 rings (SSSR count). The van der Waals surface area contributed by atoms with E-state index in [9.17, 15) is 4.79 Å². The van der Waals surface area contributed by atoms with Gasteiger partial charge in [0, 0.05) is 18.3 Å². The van der Waals surface area contributed by atoms with Crippen LogP contribution >= 0.6 is 0 Å². The molecule has 0 spiro atoms. The lowest BCUT2D eigenvalue weighted by Gasteiger charge is -2.26. The third-order valence-corrected chi connectivity index (χ3v) is 3.25. The standard InChI is InChI=1S/C15H25N3O/c1-10(2)13(9-18(4)5)17-15(19)12-8-6-7-11(3)14(12)16/h6-8,10,13H,9,16H2,1-5H3,(H,17,19). The summed E-state index contributed by atoms with van der Waals surface area (Å²) in [6.07, 6.45) is 0. The molecule has 4 nitrogen and oxygen atoms in total. The molecule has 0 radical (unpaired) electrons. The number of nitrogens with two attached hydrogens (primary N) is 1. The fraction of sp³-hybridized carbons (Fsp3) is 0.533. The summed E-state index contributed by atoms with van der Waals surface area (Å²) in [5, 5.41) is 3.07. The topological polar surface area (TPSA) is 58.4 Å². The minimum atomic E-state index is -0.0956. The van der Waals surface area contributed by atoms with E-state index in [0.29, 0.717) is 17.2 Å². The van der Waals surface area contributed by atoms with Crippen LogP contribution in [0.3, 0.4) is 0 Å². The zero-order valence-electron chi connectivity index (χ0n) is 12.5. The zero-order valence-corrected chi connectivity index (χ0v) is 12.5. The minimum absolute atomic E-state index is 0.0956. The number of para-hydroxylation sites is 1. The monoisotopic (exact) mass is 263 g/mol. The van der Waals surface area contributed by atoms with Crippen molar-refractivity contribution >= 4 is 11.6 Å². The van der Waals surface area contributed by atoms with Crippen LogP contribution in [0.25, 0.3) is 0 Å². The molecule has 0 aliphatic heterocycles. The molecule has 19 heavy (non-hydrogen) atoms. The highest BCUT2D eigenvalue weighted by atomic mass is 16.1. The van der Waals surface area contributed by atoms with Crippen LogP contribution in [-0.2, 0) is 0 Å². The second kappa shape index (κ2) is 6.57. The van der Waals surface area contributed by atoms with Gasteiger partial charge in [0.2, 0.25) is 0 Å². The minimum Gasteiger partial charge on any atom is -0.398 e. The van der Waals surface area contributed by atoms with Gasteiger partial charge in [-0.05, 0) is 38.6 Å². The Morgan fingerprint density at radius 1 is 1.37 bits per heavy atom. The van der Waals surface area contributed by atoms with E-state index in [1.54, 1.807) is 6.07 Å². The normalized spacial score (nSPS) is 12.8. The predicted molar refractivity (Wildman–Crippen MR) is 80.2 cm³/mol. The maximum absolute atomic E-state index is 12.3. The molecule has 1 atom stereocenters. The van der Waals surface area contributed by atoms with E-state index in [4.69, 9.17) is 5.73 Å². The summed E-state index contributed by atoms with van der Waals surface area (Å²) in [7, 11) is 4.01. The van der Waals surface area contributed by atoms with Crippen LogP contribution in [-0.4, -0.2) is 37.5 Å². The van der Waals surface area contributed by atoms with Crippen LogP contribution in [0.15, 0.2) is 18.2 Å². The molecule has 1 aromatic rings. The van der Waals surface area contributed by atoms with Crippen molar-refractivity contribution in [1.82, 2.24) is 10.2 Å². The highest BCUT2D eigenvalue weighted by molar-refractivity contribution is 5.99. The van der Waals surface area contributed by atoms with E-state index in [0.717, 1.165) is 12.1 Å². The SMILES string of the molecule is Cc1cccc(C(=O)NC(CN(C)C)C(C)C)c1N. The number of benzene rings is 1. The van der Waals surface area contributed by atoms with Crippen molar-refractivity contribution in [3.05, 3.63) is 29.3 Å². The van der Waals surface area contributed by atoms with Crippen LogP contribution in [0.5, 0.6) is 0 Å². The number of nitrogens with zero attached hydrogens (tertiary/aromatic N) is 1. The lowest BCUT2D eigenvalue weighted by atomic mass is 10.0. The molecule has 1 unspecified atom stereocenters. The number of hydrogen-bond acceptors (Lipinski definition) is 3. The van der Waals surface area contributed by atoms with Crippen molar-refractivity contribution in [2.24, 2.45) is 5.92 Å². The number of amides is 1. The Labute approximate surface area is 116 Å². The Bertz CT molecular complexity index is 441. The summed E-state index contributed by atoms with van der Waals surface area (Å²) in [5.41, 5.74) is 8.02. The highest BCUT2D eigenvalue weighted by Crippen LogP contribution is 2.17. The molecule has 0 saturated heterocycles. The molecule has 0 heterocycles. The van der Waals surface area contributed by atoms with Crippen LogP contribution in [0.4, 0.5) is 5.69 Å². The number of hydrogen-bond donors (Lipinski definition) is 2. The predicted octanol–water partition coefficient (Wildman–Crippen LogP) is 1.89. The molecular weight excluding hydrogens is 238 g/mol. The first-order chi connectivity index (χ1) is 8.82. The van der Waals surface area contributed by atoms with Gasteiger partial charge >= 0.3 is 0 Å². The number of rotatable bonds is 5. The quantitative estimate of drug-likeness (QED) is 0.798. The van der Waals surface area contributed by atoms with Gasteiger partial charge in [-0.25, -0.2) is 0 Å². The second-order valence-electron chi connectivity index (χ2n) is 5.62. The van der Waals surface area contributed by atoms with Gasteiger partial charge in [-0.2, -0.15) is 0 Å². The summed E-state index contributed by atoms with van der Waals surface area (Å²) >= 11 is 0. The summed E-state index contributed by atoms with van der Waals surface area (Å²) in [6, 6.07) is 5.65. The summed E-state index contributed by atoms with van der Waals surface area (Å²) in [5.74, 6) is 0.277. The number of anilines is 1. The van der Waals surface area contributed by atoms with E-state index >= 15 is 0 Å². The maximum Gasteiger partial charge on any atom is 0.253 e. The van der Waals surface area contributed by atoms with Crippen molar-refractivity contribution in [2.45, 2.75) is 26.8 Å². The van der Waals surface area contributed by atoms with E-state index < -0.39 is 0 Å². The zero-order chi connectivity index (χ0) is 14.6. The molecule has 0 aliphatic rings. The average Bonchev–Trinajstić information content (AvgIpc) is 2.31. The summed E-state index contributed by atoms with van der Waals surface area (Å²) in [6.45, 7) is 6.93. The molecule has 0 fully saturated rings. The smallest absolute Gasteiger partial charge is 0.253 e. The summed E-state index contributed by atoms with van der Waals surface area (Å²) < 4.78 is 0. The molecule has 4 heteroatoms. The number of aryl methyl sites for hydroxylation is 1. The number of carbonyl (C=O) groups excluding carboxylic acids is 1. The Balaban J connectivity index is 2.85. The lowest BCUT2D eigenvalue weighted by molar-refractivity contribution is 0.0917. The molecule has 0 saturated carbocycles. The van der Waals surface area contributed by atoms with Gasteiger partial charge in [0.05, 0.1) is 5.56 Å².